The minimum atomic E-state index is -3.78. The molecule has 5 aromatic carbocycles. The summed E-state index contributed by atoms with van der Waals surface area (Å²) >= 11 is 6.72. The molecule has 100 heavy (non-hydrogen) atoms. The van der Waals surface area contributed by atoms with E-state index in [0.29, 0.717) is 97.8 Å². The first kappa shape index (κ1) is 72.6. The number of hydrogen-bond donors (Lipinski definition) is 1. The molecular weight excluding hydrogens is 1520 g/mol. The van der Waals surface area contributed by atoms with E-state index in [9.17, 15) is 43.3 Å². The maximum atomic E-state index is 13.8. The molecular formula is C69H73Br2ClN10O14S4. The highest BCUT2D eigenvalue weighted by Gasteiger charge is 2.50. The molecule has 1 N–H and O–H groups in total. The number of sulfonamides is 3. The Morgan fingerprint density at radius 2 is 0.870 bits per heavy atom. The zero-order valence-electron chi connectivity index (χ0n) is 54.7. The molecule has 0 spiro atoms. The van der Waals surface area contributed by atoms with Crippen molar-refractivity contribution in [2.24, 2.45) is 0 Å². The van der Waals surface area contributed by atoms with Crippen LogP contribution in [0, 0.1) is 0 Å². The Kier molecular flexibility index (Phi) is 22.3. The van der Waals surface area contributed by atoms with Crippen molar-refractivity contribution in [1.29, 1.82) is 0 Å². The number of carbonyl (C=O) groups is 2. The Hall–Kier alpha value is -7.23. The Bertz CT molecular complexity index is 5000. The summed E-state index contributed by atoms with van der Waals surface area (Å²) in [6, 6.07) is 29.6. The first-order valence-corrected chi connectivity index (χ1v) is 40.7. The van der Waals surface area contributed by atoms with Crippen LogP contribution in [0.2, 0.25) is 0 Å². The average Bonchev–Trinajstić information content (AvgIpc) is 1.49. The van der Waals surface area contributed by atoms with E-state index in [1.807, 2.05) is 48.5 Å². The number of rotatable bonds is 11. The summed E-state index contributed by atoms with van der Waals surface area (Å²) in [7, 11) is -5.13. The fraction of sp³-hybridized carbons (Fsp3) is 0.362. The quantitative estimate of drug-likeness (QED) is 0.118. The monoisotopic (exact) mass is 1590 g/mol. The number of fused-ring (bicyclic) bond motifs is 7. The van der Waals surface area contributed by atoms with E-state index in [4.69, 9.17) is 29.6 Å². The van der Waals surface area contributed by atoms with E-state index in [2.05, 4.69) is 57.1 Å². The number of amides is 2. The van der Waals surface area contributed by atoms with Gasteiger partial charge in [-0.3, -0.25) is 19.9 Å². The third kappa shape index (κ3) is 14.6. The fourth-order valence-electron chi connectivity index (χ4n) is 14.8. The van der Waals surface area contributed by atoms with E-state index < -0.39 is 45.2 Å². The smallest absolute Gasteiger partial charge is 0.410 e. The number of hydrogen-bond acceptors (Lipinski definition) is 19. The standard InChI is InChI=1S/C24H24BrN3O4S.C19H23N3O5S.C17H21N3O3S.C9H5BrClNO2S/c25-19-15-26-14-18-8-4-10-22(23(18)19)33(30,31)28-13-11-20-21(28)9-5-12-27(20)24(29)32-16-17-6-2-1-3-7-17;1-26-16-12-20-11-13-5-3-7-17(18(13)16)28(24,25)22-10-8-14-15(22)6-4-9-21(14)19(23)27-2;1-23-15-11-18-10-12-4-2-6-16(17(12)15)24(21,22)20-9-7-13-14(20)5-3-8-19-13;10-7-5-12-4-6-2-1-3-8(9(6)7)15(11,13)14/h1-4,6-8,10,14-15,20-21H,5,9,11-13,16H2;3,5,7,11-12,14-15H,4,6,8-10H2,1-2H3;2,4,6,10-11,13-14,19H,3,5,7-9H2,1H3;1-5H. The Morgan fingerprint density at radius 3 is 1.34 bits per heavy atom. The number of likely N-dealkylation sites (tertiary alicyclic amines) is 2. The highest BCUT2D eigenvalue weighted by Crippen LogP contribution is 2.42. The molecule has 9 aromatic rings. The molecule has 6 fully saturated rings. The van der Waals surface area contributed by atoms with Crippen LogP contribution in [0.5, 0.6) is 11.5 Å². The third-order valence-electron chi connectivity index (χ3n) is 19.2. The first-order chi connectivity index (χ1) is 48.1. The van der Waals surface area contributed by atoms with Gasteiger partial charge in [0.25, 0.3) is 9.05 Å². The van der Waals surface area contributed by atoms with E-state index in [0.717, 1.165) is 73.2 Å². The molecule has 6 unspecified atom stereocenters. The highest BCUT2D eigenvalue weighted by molar-refractivity contribution is 9.11. The molecule has 6 aliphatic rings. The van der Waals surface area contributed by atoms with Crippen molar-refractivity contribution >= 4 is 137 Å². The second kappa shape index (κ2) is 30.8. The van der Waals surface area contributed by atoms with Crippen LogP contribution in [0.4, 0.5) is 9.59 Å². The normalized spacial score (nSPS) is 21.1. The number of piperidine rings is 3. The third-order valence-corrected chi connectivity index (χ3v) is 27.7. The van der Waals surface area contributed by atoms with Crippen molar-refractivity contribution in [3.63, 3.8) is 0 Å². The van der Waals surface area contributed by atoms with Gasteiger partial charge in [-0.1, -0.05) is 78.9 Å². The van der Waals surface area contributed by atoms with E-state index >= 15 is 0 Å². The summed E-state index contributed by atoms with van der Waals surface area (Å²) < 4.78 is 132. The minimum absolute atomic E-state index is 0.0480. The Morgan fingerprint density at radius 1 is 0.460 bits per heavy atom. The number of methoxy groups -OCH3 is 3. The molecule has 2 amide bonds. The SMILES string of the molecule is COC(=O)N1CCCC2C1CCN2S(=O)(=O)c1cccc2cncc(OC)c12.COc1cncc2cccc(S(=O)(=O)N3CCC4NCCCC43)c12.O=C(OCc1ccccc1)N1CCCC2C1CCN2S(=O)(=O)c1cccc2cncc(Br)c12.O=S(=O)(Cl)c1cccc2cncc(Br)c12. The average molecular weight is 1590 g/mol. The number of carbonyl (C=O) groups excluding carboxylic acids is 2. The van der Waals surface area contributed by atoms with Crippen molar-refractivity contribution in [2.75, 3.05) is 60.6 Å². The van der Waals surface area contributed by atoms with Crippen molar-refractivity contribution in [2.45, 2.75) is 120 Å². The summed E-state index contributed by atoms with van der Waals surface area (Å²) in [5, 5.41) is 8.75. The van der Waals surface area contributed by atoms with Crippen LogP contribution >= 0.6 is 42.5 Å². The molecule has 31 heteroatoms. The zero-order chi connectivity index (χ0) is 70.7. The minimum Gasteiger partial charge on any atom is -0.494 e. The first-order valence-electron chi connectivity index (χ1n) is 32.5. The molecule has 0 aliphatic carbocycles. The zero-order valence-corrected chi connectivity index (χ0v) is 61.9. The van der Waals surface area contributed by atoms with Crippen LogP contribution < -0.4 is 14.8 Å². The lowest BCUT2D eigenvalue weighted by molar-refractivity contribution is 0.0606. The van der Waals surface area contributed by atoms with E-state index in [1.165, 1.54) is 39.8 Å². The Labute approximate surface area is 602 Å². The van der Waals surface area contributed by atoms with Crippen LogP contribution in [0.25, 0.3) is 43.1 Å². The predicted octanol–water partition coefficient (Wildman–Crippen LogP) is 11.5. The van der Waals surface area contributed by atoms with Crippen LogP contribution in [0.3, 0.4) is 0 Å². The van der Waals surface area contributed by atoms with Crippen LogP contribution in [-0.4, -0.2) is 185 Å². The van der Waals surface area contributed by atoms with Crippen LogP contribution in [-0.2, 0) is 55.2 Å². The van der Waals surface area contributed by atoms with Crippen molar-refractivity contribution in [3.05, 3.63) is 167 Å². The number of ether oxygens (including phenoxy) is 4. The molecule has 6 aliphatic heterocycles. The van der Waals surface area contributed by atoms with Gasteiger partial charge in [0.1, 0.15) is 18.1 Å². The summed E-state index contributed by atoms with van der Waals surface area (Å²) in [4.78, 5) is 45.6. The van der Waals surface area contributed by atoms with Crippen LogP contribution in [0.15, 0.2) is 181 Å². The summed E-state index contributed by atoms with van der Waals surface area (Å²) in [6.07, 6.45) is 18.9. The number of nitrogens with one attached hydrogen (secondary N) is 1. The molecule has 0 saturated carbocycles. The van der Waals surface area contributed by atoms with Crippen molar-refractivity contribution < 1.29 is 62.2 Å². The second-order valence-electron chi connectivity index (χ2n) is 24.7. The topological polar surface area (TPSA) is 287 Å². The maximum absolute atomic E-state index is 13.8. The molecule has 0 bridgehead atoms. The fourth-order valence-corrected chi connectivity index (χ4v) is 23.0. The Balaban J connectivity index is 0.000000130. The van der Waals surface area contributed by atoms with Gasteiger partial charge >= 0.3 is 12.2 Å². The lowest BCUT2D eigenvalue weighted by atomic mass is 9.98. The number of benzene rings is 5. The van der Waals surface area contributed by atoms with E-state index in [1.54, 1.807) is 108 Å². The van der Waals surface area contributed by atoms with Gasteiger partial charge in [0.05, 0.1) is 65.4 Å². The van der Waals surface area contributed by atoms with Crippen molar-refractivity contribution in [3.8, 4) is 11.5 Å². The van der Waals surface area contributed by atoms with Gasteiger partial charge in [0.15, 0.2) is 0 Å². The van der Waals surface area contributed by atoms with Crippen molar-refractivity contribution in [1.82, 2.24) is 48.0 Å². The maximum Gasteiger partial charge on any atom is 0.410 e. The number of pyridine rings is 4. The summed E-state index contributed by atoms with van der Waals surface area (Å²) in [6.45, 7) is 3.66. The lowest BCUT2D eigenvalue weighted by Gasteiger charge is -2.38. The molecule has 6 atom stereocenters. The molecule has 24 nitrogen and oxygen atoms in total. The number of aromatic nitrogens is 4. The van der Waals surface area contributed by atoms with Gasteiger partial charge in [-0.05, 0) is 126 Å². The molecule has 528 valence electrons. The van der Waals surface area contributed by atoms with Gasteiger partial charge in [-0.15, -0.1) is 0 Å². The second-order valence-corrected chi connectivity index (χ2v) is 34.5. The highest BCUT2D eigenvalue weighted by atomic mass is 79.9. The molecule has 15 rings (SSSR count). The number of halogens is 3. The van der Waals surface area contributed by atoms with Gasteiger partial charge in [0, 0.05) is 157 Å². The van der Waals surface area contributed by atoms with Gasteiger partial charge < -0.3 is 34.1 Å². The summed E-state index contributed by atoms with van der Waals surface area (Å²) in [5.74, 6) is 0.913. The van der Waals surface area contributed by atoms with Gasteiger partial charge in [-0.2, -0.15) is 12.9 Å². The lowest BCUT2D eigenvalue weighted by Crippen LogP contribution is -2.52. The van der Waals surface area contributed by atoms with Gasteiger partial charge in [-0.25, -0.2) is 43.3 Å². The molecule has 6 saturated heterocycles. The largest absolute Gasteiger partial charge is 0.494 e. The predicted molar refractivity (Wildman–Crippen MR) is 385 cm³/mol. The molecule has 0 radical (unpaired) electrons. The molecule has 10 heterocycles. The van der Waals surface area contributed by atoms with E-state index in [-0.39, 0.29) is 63.6 Å². The van der Waals surface area contributed by atoms with Crippen LogP contribution in [0.1, 0.15) is 63.4 Å². The summed E-state index contributed by atoms with van der Waals surface area (Å²) in [5.41, 5.74) is 0.922. The van der Waals surface area contributed by atoms with Gasteiger partial charge in [0.2, 0.25) is 30.1 Å². The molecule has 4 aromatic heterocycles. The number of nitrogens with zero attached hydrogens (tertiary/aromatic N) is 9.